The number of nitrogen functional groups attached to an aromatic ring is 1. The van der Waals surface area contributed by atoms with Crippen molar-refractivity contribution in [3.05, 3.63) is 89.8 Å². The van der Waals surface area contributed by atoms with Crippen LogP contribution in [0.25, 0.3) is 16.6 Å². The Morgan fingerprint density at radius 1 is 0.959 bits per heavy atom. The third kappa shape index (κ3) is 7.26. The number of amidine groups is 1. The lowest BCUT2D eigenvalue weighted by Crippen LogP contribution is -2.44. The molecule has 1 aromatic heterocycles. The number of fused-ring (bicyclic) bond motifs is 2. The molecule has 2 atom stereocenters. The van der Waals surface area contributed by atoms with Crippen molar-refractivity contribution in [3.63, 3.8) is 0 Å². The van der Waals surface area contributed by atoms with Gasteiger partial charge in [0.05, 0.1) is 43.4 Å². The highest BCUT2D eigenvalue weighted by atomic mass is 16.5. The van der Waals surface area contributed by atoms with Crippen LogP contribution >= 0.6 is 0 Å². The van der Waals surface area contributed by atoms with E-state index in [1.54, 1.807) is 19.2 Å². The number of rotatable bonds is 13. The molecule has 4 aromatic rings. The van der Waals surface area contributed by atoms with Crippen molar-refractivity contribution in [3.8, 4) is 17.2 Å². The van der Waals surface area contributed by atoms with Gasteiger partial charge < -0.3 is 40.0 Å². The number of likely N-dealkylation sites (N-methyl/N-ethyl adjacent to an activating group) is 1. The summed E-state index contributed by atoms with van der Waals surface area (Å²) in [5.41, 5.74) is 12.0. The number of aldehydes is 1. The van der Waals surface area contributed by atoms with Gasteiger partial charge in [0.15, 0.2) is 17.8 Å². The lowest BCUT2D eigenvalue weighted by molar-refractivity contribution is 0.112. The molecule has 2 unspecified atom stereocenters. The summed E-state index contributed by atoms with van der Waals surface area (Å²) in [5.74, 6) is 3.62. The molecule has 2 aliphatic heterocycles. The number of hydrogen-bond acceptors (Lipinski definition) is 10. The molecule has 0 amide bonds. The lowest BCUT2D eigenvalue weighted by Gasteiger charge is -2.34. The van der Waals surface area contributed by atoms with Crippen LogP contribution in [0.4, 0.5) is 11.4 Å². The SMILES string of the molecule is COc1cc(C=O)c(N)cc1OCCCCCOc1ccc(C2=NC3C=CC(c4nc5ccc(N6CCN(C)CC6)cc5[nH]4)=CC3N2)cc1. The van der Waals surface area contributed by atoms with Gasteiger partial charge in [-0.25, -0.2) is 4.98 Å². The quantitative estimate of drug-likeness (QED) is 0.102. The third-order valence-electron chi connectivity index (χ3n) is 9.33. The number of aromatic nitrogens is 2. The first kappa shape index (κ1) is 32.3. The van der Waals surface area contributed by atoms with Gasteiger partial charge in [-0.2, -0.15) is 0 Å². The smallest absolute Gasteiger partial charge is 0.163 e. The first-order valence-electron chi connectivity index (χ1n) is 16.9. The molecule has 49 heavy (non-hydrogen) atoms. The van der Waals surface area contributed by atoms with E-state index in [-0.39, 0.29) is 12.1 Å². The first-order chi connectivity index (χ1) is 24.0. The lowest BCUT2D eigenvalue weighted by atomic mass is 9.99. The van der Waals surface area contributed by atoms with Crippen LogP contribution in [-0.4, -0.2) is 92.6 Å². The minimum Gasteiger partial charge on any atom is -0.494 e. The van der Waals surface area contributed by atoms with Crippen molar-refractivity contribution < 1.29 is 19.0 Å². The van der Waals surface area contributed by atoms with E-state index < -0.39 is 0 Å². The van der Waals surface area contributed by atoms with Gasteiger partial charge in [-0.05, 0) is 80.9 Å². The van der Waals surface area contributed by atoms with Crippen LogP contribution in [0.1, 0.15) is 41.0 Å². The van der Waals surface area contributed by atoms with Crippen molar-refractivity contribution in [1.29, 1.82) is 0 Å². The van der Waals surface area contributed by atoms with Gasteiger partial charge in [-0.3, -0.25) is 9.79 Å². The summed E-state index contributed by atoms with van der Waals surface area (Å²) in [4.78, 5) is 29.3. The highest BCUT2D eigenvalue weighted by molar-refractivity contribution is 6.01. The number of nitrogens with one attached hydrogen (secondary N) is 2. The summed E-state index contributed by atoms with van der Waals surface area (Å²) < 4.78 is 17.2. The third-order valence-corrected chi connectivity index (χ3v) is 9.33. The van der Waals surface area contributed by atoms with Gasteiger partial charge in [0, 0.05) is 60.3 Å². The number of unbranched alkanes of at least 4 members (excludes halogenated alkanes) is 2. The molecular weight excluding hydrogens is 618 g/mol. The average Bonchev–Trinajstić information content (AvgIpc) is 3.76. The number of anilines is 2. The number of aromatic amines is 1. The number of imidazole rings is 1. The number of carbonyl (C=O) groups is 1. The molecule has 1 saturated heterocycles. The summed E-state index contributed by atoms with van der Waals surface area (Å²) in [6, 6.07) is 17.9. The van der Waals surface area contributed by atoms with Crippen molar-refractivity contribution in [2.45, 2.75) is 31.3 Å². The fraction of sp³-hybridized carbons (Fsp3) is 0.342. The molecule has 0 spiro atoms. The van der Waals surface area contributed by atoms with E-state index in [0.717, 1.165) is 85.0 Å². The van der Waals surface area contributed by atoms with Crippen LogP contribution in [0, 0.1) is 0 Å². The highest BCUT2D eigenvalue weighted by Crippen LogP contribution is 2.32. The van der Waals surface area contributed by atoms with Gasteiger partial charge in [-0.1, -0.05) is 12.2 Å². The van der Waals surface area contributed by atoms with E-state index >= 15 is 0 Å². The molecule has 11 nitrogen and oxygen atoms in total. The molecule has 7 rings (SSSR count). The molecule has 254 valence electrons. The van der Waals surface area contributed by atoms with Crippen LogP contribution in [0.3, 0.4) is 0 Å². The molecule has 1 fully saturated rings. The van der Waals surface area contributed by atoms with E-state index in [4.69, 9.17) is 29.9 Å². The minimum absolute atomic E-state index is 0.0426. The zero-order valence-corrected chi connectivity index (χ0v) is 28.0. The Morgan fingerprint density at radius 3 is 2.53 bits per heavy atom. The second kappa shape index (κ2) is 14.4. The zero-order chi connectivity index (χ0) is 33.7. The number of benzene rings is 3. The number of carbonyl (C=O) groups excluding carboxylic acids is 1. The fourth-order valence-corrected chi connectivity index (χ4v) is 6.40. The monoisotopic (exact) mass is 661 g/mol. The molecule has 0 saturated carbocycles. The molecule has 0 radical (unpaired) electrons. The van der Waals surface area contributed by atoms with Gasteiger partial charge >= 0.3 is 0 Å². The maximum Gasteiger partial charge on any atom is 0.163 e. The highest BCUT2D eigenvalue weighted by Gasteiger charge is 2.29. The topological polar surface area (TPSA) is 130 Å². The standard InChI is InChI=1S/C38H43N7O4/c1-44-14-16-45(17-15-44)28-9-13-32-34(22-28)43-38(41-32)26-8-12-31-33(20-26)42-37(40-31)25-6-10-29(11-7-25)48-18-4-3-5-19-49-36-23-30(39)27(24-46)21-35(36)47-2/h6-13,20-24,31,33H,3-5,14-19,39H2,1-2H3,(H,40,42)(H,41,43). The molecule has 3 heterocycles. The zero-order valence-electron chi connectivity index (χ0n) is 28.0. The van der Waals surface area contributed by atoms with Gasteiger partial charge in [0.1, 0.15) is 17.4 Å². The maximum atomic E-state index is 11.1. The Kier molecular flexibility index (Phi) is 9.51. The van der Waals surface area contributed by atoms with Crippen LogP contribution in [0.5, 0.6) is 17.2 Å². The van der Waals surface area contributed by atoms with Crippen LogP contribution in [0.2, 0.25) is 0 Å². The predicted octanol–water partition coefficient (Wildman–Crippen LogP) is 5.09. The molecule has 4 N–H and O–H groups in total. The number of aliphatic imine (C=N–C) groups is 1. The van der Waals surface area contributed by atoms with Crippen LogP contribution in [-0.2, 0) is 0 Å². The summed E-state index contributed by atoms with van der Waals surface area (Å²) in [6.07, 6.45) is 9.90. The normalized spacial score (nSPS) is 18.9. The first-order valence-corrected chi connectivity index (χ1v) is 16.9. The summed E-state index contributed by atoms with van der Waals surface area (Å²) in [7, 11) is 3.72. The number of methoxy groups -OCH3 is 1. The van der Waals surface area contributed by atoms with E-state index in [1.165, 1.54) is 5.69 Å². The number of piperazine rings is 1. The van der Waals surface area contributed by atoms with E-state index in [2.05, 4.69) is 63.6 Å². The van der Waals surface area contributed by atoms with Crippen molar-refractivity contribution in [1.82, 2.24) is 20.2 Å². The van der Waals surface area contributed by atoms with E-state index in [1.807, 2.05) is 24.3 Å². The second-order valence-electron chi connectivity index (χ2n) is 12.7. The minimum atomic E-state index is 0.0426. The number of H-pyrrole nitrogens is 1. The van der Waals surface area contributed by atoms with Crippen molar-refractivity contribution in [2.75, 3.05) is 64.2 Å². The number of nitrogens with two attached hydrogens (primary N) is 1. The Bertz CT molecular complexity index is 1890. The number of hydrogen-bond donors (Lipinski definition) is 3. The fourth-order valence-electron chi connectivity index (χ4n) is 6.40. The molecule has 0 bridgehead atoms. The van der Waals surface area contributed by atoms with E-state index in [0.29, 0.717) is 42.2 Å². The van der Waals surface area contributed by atoms with Crippen molar-refractivity contribution in [2.24, 2.45) is 4.99 Å². The van der Waals surface area contributed by atoms with Gasteiger partial charge in [0.25, 0.3) is 0 Å². The van der Waals surface area contributed by atoms with Gasteiger partial charge in [-0.15, -0.1) is 0 Å². The van der Waals surface area contributed by atoms with Gasteiger partial charge in [0.2, 0.25) is 0 Å². The molecule has 3 aliphatic rings. The number of ether oxygens (including phenoxy) is 3. The Balaban J connectivity index is 0.872. The summed E-state index contributed by atoms with van der Waals surface area (Å²) >= 11 is 0. The summed E-state index contributed by atoms with van der Waals surface area (Å²) in [6.45, 7) is 5.37. The van der Waals surface area contributed by atoms with Crippen molar-refractivity contribution >= 4 is 40.1 Å². The predicted molar refractivity (Wildman–Crippen MR) is 194 cm³/mol. The number of nitrogens with zero attached hydrogens (tertiary/aromatic N) is 4. The molecule has 1 aliphatic carbocycles. The Labute approximate surface area is 286 Å². The summed E-state index contributed by atoms with van der Waals surface area (Å²) in [5, 5.41) is 3.60. The van der Waals surface area contributed by atoms with E-state index in [9.17, 15) is 4.79 Å². The van der Waals surface area contributed by atoms with Crippen LogP contribution in [0.15, 0.2) is 77.8 Å². The number of allylic oxidation sites excluding steroid dienone is 2. The Morgan fingerprint density at radius 2 is 1.76 bits per heavy atom. The molecule has 3 aromatic carbocycles. The molecule has 11 heteroatoms. The average molecular weight is 662 g/mol. The molecular formula is C38H43N7O4. The maximum absolute atomic E-state index is 11.1. The van der Waals surface area contributed by atoms with Crippen LogP contribution < -0.4 is 30.2 Å². The largest absolute Gasteiger partial charge is 0.494 e. The second-order valence-corrected chi connectivity index (χ2v) is 12.7. The Hall–Kier alpha value is -5.29.